The van der Waals surface area contributed by atoms with E-state index in [1.54, 1.807) is 56.5 Å². The van der Waals surface area contributed by atoms with Crippen molar-refractivity contribution >= 4 is 44.4 Å². The summed E-state index contributed by atoms with van der Waals surface area (Å²) in [7, 11) is 1.58. The van der Waals surface area contributed by atoms with Crippen LogP contribution in [0.2, 0.25) is 0 Å². The van der Waals surface area contributed by atoms with Crippen molar-refractivity contribution in [1.29, 1.82) is 0 Å². The number of hydrogen-bond donors (Lipinski definition) is 0. The highest BCUT2D eigenvalue weighted by Crippen LogP contribution is 2.20. The van der Waals surface area contributed by atoms with Crippen LogP contribution in [-0.4, -0.2) is 36.8 Å². The number of methoxy groups -OCH3 is 1. The van der Waals surface area contributed by atoms with Gasteiger partial charge in [0.15, 0.2) is 4.80 Å². The lowest BCUT2D eigenvalue weighted by molar-refractivity contribution is 0.0526. The van der Waals surface area contributed by atoms with E-state index in [1.165, 1.54) is 17.4 Å². The van der Waals surface area contributed by atoms with Crippen LogP contribution in [0, 0.1) is 0 Å². The smallest absolute Gasteiger partial charge is 0.349 e. The van der Waals surface area contributed by atoms with E-state index in [-0.39, 0.29) is 12.2 Å². The summed E-state index contributed by atoms with van der Waals surface area (Å²) in [5.41, 5.74) is 0.709. The summed E-state index contributed by atoms with van der Waals surface area (Å²) >= 11 is 1.24. The Morgan fingerprint density at radius 2 is 1.97 bits per heavy atom. The van der Waals surface area contributed by atoms with Gasteiger partial charge in [-0.1, -0.05) is 29.5 Å². The Kier molecular flexibility index (Phi) is 6.29. The molecular weight excluding hydrogens is 432 g/mol. The number of para-hydroxylation sites is 1. The molecule has 0 spiro atoms. The number of fused-ring (bicyclic) bond motifs is 2. The zero-order valence-corrected chi connectivity index (χ0v) is 18.3. The van der Waals surface area contributed by atoms with E-state index < -0.39 is 17.5 Å². The highest BCUT2D eigenvalue weighted by atomic mass is 32.1. The molecule has 0 aliphatic carbocycles. The van der Waals surface area contributed by atoms with Gasteiger partial charge in [-0.15, -0.1) is 0 Å². The van der Waals surface area contributed by atoms with Crippen LogP contribution >= 0.6 is 11.3 Å². The van der Waals surface area contributed by atoms with E-state index in [1.807, 2.05) is 4.57 Å². The maximum Gasteiger partial charge on any atom is 0.349 e. The third kappa shape index (κ3) is 4.25. The molecular formula is C23H20N2O6S. The molecule has 0 aliphatic heterocycles. The average molecular weight is 452 g/mol. The third-order valence-corrected chi connectivity index (χ3v) is 5.82. The number of amides is 1. The van der Waals surface area contributed by atoms with Gasteiger partial charge in [0, 0.05) is 19.0 Å². The molecule has 0 saturated carbocycles. The van der Waals surface area contributed by atoms with Crippen molar-refractivity contribution in [3.8, 4) is 0 Å². The number of ether oxygens (including phenoxy) is 2. The Balaban J connectivity index is 1.82. The van der Waals surface area contributed by atoms with E-state index in [4.69, 9.17) is 13.9 Å². The molecule has 0 N–H and O–H groups in total. The fourth-order valence-corrected chi connectivity index (χ4v) is 4.35. The van der Waals surface area contributed by atoms with Crippen LogP contribution < -0.4 is 10.4 Å². The summed E-state index contributed by atoms with van der Waals surface area (Å²) in [5.74, 6) is -1.12. The van der Waals surface area contributed by atoms with Gasteiger partial charge in [-0.05, 0) is 37.3 Å². The van der Waals surface area contributed by atoms with Crippen molar-refractivity contribution in [1.82, 2.24) is 4.57 Å². The first-order valence-corrected chi connectivity index (χ1v) is 10.7. The van der Waals surface area contributed by atoms with Gasteiger partial charge in [0.05, 0.1) is 29.0 Å². The fraction of sp³-hybridized carbons (Fsp3) is 0.217. The summed E-state index contributed by atoms with van der Waals surface area (Å²) in [4.78, 5) is 41.9. The number of hydrogen-bond acceptors (Lipinski definition) is 7. The largest absolute Gasteiger partial charge is 0.462 e. The highest BCUT2D eigenvalue weighted by Gasteiger charge is 2.16. The first-order chi connectivity index (χ1) is 15.5. The SMILES string of the molecule is CCOC(=O)c1ccc2c(c1)sc(=NC(=O)c1cc3ccccc3oc1=O)n2CCOC. The highest BCUT2D eigenvalue weighted by molar-refractivity contribution is 7.16. The number of nitrogens with zero attached hydrogens (tertiary/aromatic N) is 2. The Bertz CT molecular complexity index is 1450. The second-order valence-corrected chi connectivity index (χ2v) is 7.84. The monoisotopic (exact) mass is 452 g/mol. The van der Waals surface area contributed by atoms with Gasteiger partial charge in [-0.25, -0.2) is 9.59 Å². The molecule has 0 bridgehead atoms. The normalized spacial score (nSPS) is 11.9. The van der Waals surface area contributed by atoms with Crippen LogP contribution in [0.5, 0.6) is 0 Å². The Morgan fingerprint density at radius 1 is 1.16 bits per heavy atom. The van der Waals surface area contributed by atoms with Gasteiger partial charge < -0.3 is 18.5 Å². The van der Waals surface area contributed by atoms with Crippen LogP contribution in [0.1, 0.15) is 27.6 Å². The summed E-state index contributed by atoms with van der Waals surface area (Å²) in [5, 5.41) is 0.633. The van der Waals surface area contributed by atoms with Gasteiger partial charge in [0.25, 0.3) is 5.91 Å². The van der Waals surface area contributed by atoms with Crippen LogP contribution in [0.4, 0.5) is 0 Å². The van der Waals surface area contributed by atoms with Crippen molar-refractivity contribution in [2.24, 2.45) is 4.99 Å². The minimum atomic E-state index is -0.744. The molecule has 9 heteroatoms. The zero-order valence-electron chi connectivity index (χ0n) is 17.5. The Morgan fingerprint density at radius 3 is 2.75 bits per heavy atom. The van der Waals surface area contributed by atoms with Gasteiger partial charge in [0.1, 0.15) is 11.1 Å². The summed E-state index contributed by atoms with van der Waals surface area (Å²) < 4.78 is 18.1. The molecule has 4 aromatic rings. The lowest BCUT2D eigenvalue weighted by Gasteiger charge is -2.05. The van der Waals surface area contributed by atoms with Crippen LogP contribution in [0.3, 0.4) is 0 Å². The number of thiazole rings is 1. The molecule has 2 aromatic carbocycles. The molecule has 0 aliphatic rings. The fourth-order valence-electron chi connectivity index (χ4n) is 3.26. The number of carbonyl (C=O) groups excluding carboxylic acids is 2. The van der Waals surface area contributed by atoms with E-state index in [0.29, 0.717) is 34.5 Å². The van der Waals surface area contributed by atoms with Gasteiger partial charge in [-0.2, -0.15) is 4.99 Å². The van der Waals surface area contributed by atoms with Gasteiger partial charge >= 0.3 is 11.6 Å². The van der Waals surface area contributed by atoms with Crippen molar-refractivity contribution in [3.63, 3.8) is 0 Å². The molecule has 8 nitrogen and oxygen atoms in total. The second kappa shape index (κ2) is 9.29. The summed E-state index contributed by atoms with van der Waals surface area (Å²) in [6.07, 6.45) is 0. The predicted molar refractivity (Wildman–Crippen MR) is 120 cm³/mol. The average Bonchev–Trinajstić information content (AvgIpc) is 3.13. The first kappa shape index (κ1) is 21.7. The Labute approximate surface area is 186 Å². The number of rotatable bonds is 6. The molecule has 32 heavy (non-hydrogen) atoms. The predicted octanol–water partition coefficient (Wildman–Crippen LogP) is 3.37. The number of carbonyl (C=O) groups is 2. The molecule has 0 saturated heterocycles. The Hall–Kier alpha value is -3.56. The third-order valence-electron chi connectivity index (χ3n) is 4.78. The second-order valence-electron chi connectivity index (χ2n) is 6.83. The van der Waals surface area contributed by atoms with E-state index in [2.05, 4.69) is 4.99 Å². The van der Waals surface area contributed by atoms with E-state index >= 15 is 0 Å². The lowest BCUT2D eigenvalue weighted by atomic mass is 10.2. The topological polar surface area (TPSA) is 100 Å². The molecule has 2 heterocycles. The summed E-state index contributed by atoms with van der Waals surface area (Å²) in [6, 6.07) is 13.6. The van der Waals surface area contributed by atoms with Crippen molar-refractivity contribution in [3.05, 3.63) is 74.9 Å². The van der Waals surface area contributed by atoms with Crippen LogP contribution in [-0.2, 0) is 16.0 Å². The minimum Gasteiger partial charge on any atom is -0.462 e. The minimum absolute atomic E-state index is 0.147. The van der Waals surface area contributed by atoms with Crippen LogP contribution in [0.25, 0.3) is 21.2 Å². The maximum atomic E-state index is 12.9. The molecule has 1 amide bonds. The molecule has 4 rings (SSSR count). The maximum absolute atomic E-state index is 12.9. The lowest BCUT2D eigenvalue weighted by Crippen LogP contribution is -2.21. The van der Waals surface area contributed by atoms with Gasteiger partial charge in [0.2, 0.25) is 0 Å². The van der Waals surface area contributed by atoms with Crippen molar-refractivity contribution in [2.45, 2.75) is 13.5 Å². The van der Waals surface area contributed by atoms with Gasteiger partial charge in [-0.3, -0.25) is 4.79 Å². The van der Waals surface area contributed by atoms with Crippen LogP contribution in [0.15, 0.2) is 62.7 Å². The molecule has 164 valence electrons. The molecule has 0 radical (unpaired) electrons. The van der Waals surface area contributed by atoms with E-state index in [0.717, 1.165) is 10.2 Å². The van der Waals surface area contributed by atoms with E-state index in [9.17, 15) is 14.4 Å². The number of esters is 1. The number of benzene rings is 2. The number of aromatic nitrogens is 1. The quantitative estimate of drug-likeness (QED) is 0.328. The zero-order chi connectivity index (χ0) is 22.7. The molecule has 2 aromatic heterocycles. The first-order valence-electron chi connectivity index (χ1n) is 9.93. The standard InChI is InChI=1S/C23H20N2O6S/c1-3-30-21(27)15-8-9-17-19(13-15)32-23(25(17)10-11-29-2)24-20(26)16-12-14-6-4-5-7-18(14)31-22(16)28/h4-9,12-13H,3,10-11H2,1-2H3. The molecule has 0 fully saturated rings. The molecule has 0 atom stereocenters. The van der Waals surface area contributed by atoms with Crippen molar-refractivity contribution < 1.29 is 23.5 Å². The molecule has 0 unspecified atom stereocenters. The summed E-state index contributed by atoms with van der Waals surface area (Å²) in [6.45, 7) is 2.85. The van der Waals surface area contributed by atoms with Crippen molar-refractivity contribution in [2.75, 3.05) is 20.3 Å².